The van der Waals surface area contributed by atoms with Crippen LogP contribution in [-0.2, 0) is 0 Å². The molecule has 0 amide bonds. The van der Waals surface area contributed by atoms with E-state index in [0.29, 0.717) is 6.04 Å². The summed E-state index contributed by atoms with van der Waals surface area (Å²) >= 11 is 4.23. The van der Waals surface area contributed by atoms with Gasteiger partial charge in [0.15, 0.2) is 0 Å². The Kier molecular flexibility index (Phi) is 7.38. The second kappa shape index (κ2) is 8.60. The van der Waals surface area contributed by atoms with Crippen molar-refractivity contribution < 1.29 is 0 Å². The zero-order chi connectivity index (χ0) is 12.5. The van der Waals surface area contributed by atoms with Gasteiger partial charge in [0.25, 0.3) is 0 Å². The number of benzene rings is 1. The molecule has 1 nitrogen and oxygen atoms in total. The van der Waals surface area contributed by atoms with Crippen LogP contribution >= 0.6 is 12.8 Å². The number of nitrogens with one attached hydrogen (secondary N) is 1. The largest absolute Gasteiger partial charge is 0.259 e. The number of thiol groups is 1. The molecule has 17 heavy (non-hydrogen) atoms. The molecule has 1 rings (SSSR count). The molecule has 0 aliphatic heterocycles. The standard InChI is InChI=1S/C15H25NS/c1-13(2)9-5-3-8-12-15(16-17)14-10-6-4-7-11-14/h4,6-7,10-11,13,15-17H,3,5,8-9,12H2,1-2H3. The highest BCUT2D eigenvalue weighted by Crippen LogP contribution is 2.20. The van der Waals surface area contributed by atoms with Gasteiger partial charge < -0.3 is 0 Å². The summed E-state index contributed by atoms with van der Waals surface area (Å²) < 4.78 is 3.11. The molecule has 0 radical (unpaired) electrons. The molecular formula is C15H25NS. The van der Waals surface area contributed by atoms with Crippen molar-refractivity contribution in [1.29, 1.82) is 0 Å². The quantitative estimate of drug-likeness (QED) is 0.501. The normalized spacial score (nSPS) is 12.9. The molecule has 0 heterocycles. The molecule has 0 fully saturated rings. The molecule has 2 heteroatoms. The smallest absolute Gasteiger partial charge is 0.0419 e. The zero-order valence-electron chi connectivity index (χ0n) is 11.0. The minimum absolute atomic E-state index is 0.388. The van der Waals surface area contributed by atoms with Crippen LogP contribution in [0.15, 0.2) is 30.3 Å². The summed E-state index contributed by atoms with van der Waals surface area (Å²) in [4.78, 5) is 0. The lowest BCUT2D eigenvalue weighted by Gasteiger charge is -2.15. The number of unbranched alkanes of at least 4 members (excludes halogenated alkanes) is 2. The molecule has 1 unspecified atom stereocenters. The van der Waals surface area contributed by atoms with E-state index in [4.69, 9.17) is 0 Å². The molecule has 0 bridgehead atoms. The van der Waals surface area contributed by atoms with Crippen molar-refractivity contribution in [1.82, 2.24) is 4.72 Å². The Morgan fingerprint density at radius 3 is 2.24 bits per heavy atom. The van der Waals surface area contributed by atoms with Gasteiger partial charge in [0.05, 0.1) is 0 Å². The van der Waals surface area contributed by atoms with Crippen LogP contribution in [0.5, 0.6) is 0 Å². The van der Waals surface area contributed by atoms with Crippen LogP contribution < -0.4 is 4.72 Å². The molecule has 0 aliphatic carbocycles. The van der Waals surface area contributed by atoms with Gasteiger partial charge in [-0.25, -0.2) is 0 Å². The average Bonchev–Trinajstić information content (AvgIpc) is 2.34. The van der Waals surface area contributed by atoms with Crippen LogP contribution in [0.3, 0.4) is 0 Å². The lowest BCUT2D eigenvalue weighted by atomic mass is 9.99. The molecule has 0 saturated heterocycles. The lowest BCUT2D eigenvalue weighted by molar-refractivity contribution is 0.497. The van der Waals surface area contributed by atoms with Crippen LogP contribution in [-0.4, -0.2) is 0 Å². The van der Waals surface area contributed by atoms with E-state index in [-0.39, 0.29) is 0 Å². The van der Waals surface area contributed by atoms with Crippen molar-refractivity contribution in [2.45, 2.75) is 52.0 Å². The van der Waals surface area contributed by atoms with E-state index >= 15 is 0 Å². The van der Waals surface area contributed by atoms with E-state index in [1.165, 1.54) is 37.7 Å². The molecular weight excluding hydrogens is 226 g/mol. The van der Waals surface area contributed by atoms with Crippen molar-refractivity contribution in [2.75, 3.05) is 0 Å². The third kappa shape index (κ3) is 6.13. The third-order valence-electron chi connectivity index (χ3n) is 3.13. The summed E-state index contributed by atoms with van der Waals surface area (Å²) in [6, 6.07) is 11.0. The van der Waals surface area contributed by atoms with Gasteiger partial charge in [-0.1, -0.05) is 82.7 Å². The van der Waals surface area contributed by atoms with Crippen LogP contribution in [0, 0.1) is 5.92 Å². The Balaban J connectivity index is 2.24. The maximum atomic E-state index is 4.23. The molecule has 0 saturated carbocycles. The fourth-order valence-electron chi connectivity index (χ4n) is 2.07. The lowest BCUT2D eigenvalue weighted by Crippen LogP contribution is -2.11. The Bertz CT molecular complexity index is 284. The van der Waals surface area contributed by atoms with Crippen molar-refractivity contribution in [3.63, 3.8) is 0 Å². The van der Waals surface area contributed by atoms with Gasteiger partial charge in [-0.2, -0.15) is 0 Å². The maximum Gasteiger partial charge on any atom is 0.0419 e. The van der Waals surface area contributed by atoms with Crippen molar-refractivity contribution in [3.05, 3.63) is 35.9 Å². The van der Waals surface area contributed by atoms with Crippen LogP contribution in [0.1, 0.15) is 57.6 Å². The van der Waals surface area contributed by atoms with Crippen LogP contribution in [0.2, 0.25) is 0 Å². The number of hydrogen-bond donors (Lipinski definition) is 2. The Hall–Kier alpha value is -0.470. The Labute approximate surface area is 112 Å². The first-order valence-electron chi connectivity index (χ1n) is 6.68. The van der Waals surface area contributed by atoms with Crippen molar-refractivity contribution >= 4 is 12.8 Å². The van der Waals surface area contributed by atoms with E-state index in [2.05, 4.69) is 61.7 Å². The van der Waals surface area contributed by atoms with E-state index in [1.54, 1.807) is 0 Å². The van der Waals surface area contributed by atoms with Gasteiger partial charge in [-0.05, 0) is 17.9 Å². The maximum absolute atomic E-state index is 4.23. The van der Waals surface area contributed by atoms with Gasteiger partial charge in [0, 0.05) is 6.04 Å². The first kappa shape index (κ1) is 14.6. The fraction of sp³-hybridized carbons (Fsp3) is 0.600. The van der Waals surface area contributed by atoms with E-state index in [1.807, 2.05) is 0 Å². The molecule has 1 aromatic carbocycles. The summed E-state index contributed by atoms with van der Waals surface area (Å²) in [6.45, 7) is 4.59. The monoisotopic (exact) mass is 251 g/mol. The molecule has 1 atom stereocenters. The van der Waals surface area contributed by atoms with Gasteiger partial charge in [-0.15, -0.1) is 0 Å². The molecule has 0 spiro atoms. The van der Waals surface area contributed by atoms with E-state index in [0.717, 1.165) is 5.92 Å². The number of hydrogen-bond acceptors (Lipinski definition) is 2. The highest BCUT2D eigenvalue weighted by atomic mass is 32.1. The Morgan fingerprint density at radius 2 is 1.65 bits per heavy atom. The highest BCUT2D eigenvalue weighted by molar-refractivity contribution is 7.78. The predicted molar refractivity (Wildman–Crippen MR) is 79.2 cm³/mol. The minimum Gasteiger partial charge on any atom is -0.259 e. The molecule has 96 valence electrons. The van der Waals surface area contributed by atoms with Gasteiger partial charge in [-0.3, -0.25) is 4.72 Å². The summed E-state index contributed by atoms with van der Waals surface area (Å²) in [5.74, 6) is 0.836. The van der Waals surface area contributed by atoms with Crippen molar-refractivity contribution in [2.24, 2.45) is 5.92 Å². The fourth-order valence-corrected chi connectivity index (χ4v) is 2.35. The topological polar surface area (TPSA) is 12.0 Å². The number of rotatable bonds is 8. The molecule has 1 N–H and O–H groups in total. The second-order valence-electron chi connectivity index (χ2n) is 5.12. The SMILES string of the molecule is CC(C)CCCCCC(NS)c1ccccc1. The average molecular weight is 251 g/mol. The third-order valence-corrected chi connectivity index (χ3v) is 3.44. The first-order valence-corrected chi connectivity index (χ1v) is 7.13. The second-order valence-corrected chi connectivity index (χ2v) is 5.38. The van der Waals surface area contributed by atoms with E-state index < -0.39 is 0 Å². The molecule has 1 aromatic rings. The first-order chi connectivity index (χ1) is 8.24. The molecule has 0 aromatic heterocycles. The van der Waals surface area contributed by atoms with Crippen LogP contribution in [0.25, 0.3) is 0 Å². The predicted octanol–water partition coefficient (Wildman–Crippen LogP) is 4.77. The Morgan fingerprint density at radius 1 is 1.00 bits per heavy atom. The summed E-state index contributed by atoms with van der Waals surface area (Å²) in [5.41, 5.74) is 1.34. The highest BCUT2D eigenvalue weighted by Gasteiger charge is 2.08. The van der Waals surface area contributed by atoms with Gasteiger partial charge in [0.1, 0.15) is 0 Å². The summed E-state index contributed by atoms with van der Waals surface area (Å²) in [6.07, 6.45) is 6.48. The molecule has 0 aliphatic rings. The van der Waals surface area contributed by atoms with E-state index in [9.17, 15) is 0 Å². The van der Waals surface area contributed by atoms with Crippen LogP contribution in [0.4, 0.5) is 0 Å². The summed E-state index contributed by atoms with van der Waals surface area (Å²) in [7, 11) is 0. The van der Waals surface area contributed by atoms with Gasteiger partial charge >= 0.3 is 0 Å². The minimum atomic E-state index is 0.388. The van der Waals surface area contributed by atoms with Crippen molar-refractivity contribution in [3.8, 4) is 0 Å². The van der Waals surface area contributed by atoms with Gasteiger partial charge in [0.2, 0.25) is 0 Å². The zero-order valence-corrected chi connectivity index (χ0v) is 11.9. The summed E-state index contributed by atoms with van der Waals surface area (Å²) in [5, 5.41) is 0.